The molecule has 2 aliphatic heterocycles. The summed E-state index contributed by atoms with van der Waals surface area (Å²) in [5, 5.41) is 0.512. The molecule has 1 amide bonds. The molecule has 1 aliphatic carbocycles. The van der Waals surface area contributed by atoms with Gasteiger partial charge in [-0.1, -0.05) is 24.4 Å². The van der Waals surface area contributed by atoms with Crippen LogP contribution in [0.4, 0.5) is 0 Å². The molecule has 3 atom stereocenters. The molecule has 1 aromatic rings. The zero-order valence-corrected chi connectivity index (χ0v) is 17.8. The molecule has 7 heteroatoms. The molecular formula is C21H29ClN2O3S. The first-order valence-electron chi connectivity index (χ1n) is 10.5. The quantitative estimate of drug-likeness (QED) is 0.738. The summed E-state index contributed by atoms with van der Waals surface area (Å²) in [7, 11) is -3.60. The Morgan fingerprint density at radius 3 is 2.39 bits per heavy atom. The molecule has 28 heavy (non-hydrogen) atoms. The van der Waals surface area contributed by atoms with Crippen LogP contribution in [0.2, 0.25) is 5.02 Å². The van der Waals surface area contributed by atoms with E-state index in [1.54, 1.807) is 24.3 Å². The van der Waals surface area contributed by atoms with Gasteiger partial charge in [-0.2, -0.15) is 4.31 Å². The van der Waals surface area contributed by atoms with Gasteiger partial charge in [0.2, 0.25) is 15.9 Å². The van der Waals surface area contributed by atoms with Gasteiger partial charge in [0.15, 0.2) is 0 Å². The van der Waals surface area contributed by atoms with E-state index in [2.05, 4.69) is 4.90 Å². The number of amides is 1. The van der Waals surface area contributed by atoms with E-state index in [-0.39, 0.29) is 23.3 Å². The first-order valence-corrected chi connectivity index (χ1v) is 12.3. The maximum absolute atomic E-state index is 13.3. The second-order valence-corrected chi connectivity index (χ2v) is 10.8. The second-order valence-electron chi connectivity index (χ2n) is 8.44. The Hall–Kier alpha value is -1.11. The number of halogens is 1. The van der Waals surface area contributed by atoms with Crippen LogP contribution in [-0.4, -0.2) is 49.2 Å². The Balaban J connectivity index is 1.48. The zero-order chi connectivity index (χ0) is 19.7. The van der Waals surface area contributed by atoms with Gasteiger partial charge in [0.25, 0.3) is 0 Å². The third-order valence-electron chi connectivity index (χ3n) is 6.71. The molecule has 0 radical (unpaired) electrons. The Morgan fingerprint density at radius 1 is 0.929 bits per heavy atom. The van der Waals surface area contributed by atoms with Crippen molar-refractivity contribution in [3.8, 4) is 0 Å². The summed E-state index contributed by atoms with van der Waals surface area (Å²) in [6.45, 7) is 1.60. The number of hydrogen-bond acceptors (Lipinski definition) is 3. The van der Waals surface area contributed by atoms with Crippen LogP contribution >= 0.6 is 11.6 Å². The highest BCUT2D eigenvalue weighted by Crippen LogP contribution is 2.37. The fraction of sp³-hybridized carbons (Fsp3) is 0.667. The van der Waals surface area contributed by atoms with Crippen LogP contribution in [-0.2, 0) is 14.8 Å². The van der Waals surface area contributed by atoms with Gasteiger partial charge in [-0.3, -0.25) is 4.79 Å². The molecule has 0 N–H and O–H groups in total. The molecular weight excluding hydrogens is 396 g/mol. The van der Waals surface area contributed by atoms with Gasteiger partial charge >= 0.3 is 0 Å². The van der Waals surface area contributed by atoms with Crippen LogP contribution < -0.4 is 0 Å². The molecule has 0 bridgehead atoms. The van der Waals surface area contributed by atoms with Gasteiger partial charge in [0.1, 0.15) is 0 Å². The molecule has 0 spiro atoms. The average Bonchev–Trinajstić information content (AvgIpc) is 2.73. The van der Waals surface area contributed by atoms with E-state index in [1.165, 1.54) is 30.0 Å². The molecule has 3 fully saturated rings. The van der Waals surface area contributed by atoms with Gasteiger partial charge in [-0.25, -0.2) is 8.42 Å². The van der Waals surface area contributed by atoms with E-state index in [1.807, 2.05) is 0 Å². The molecule has 5 nitrogen and oxygen atoms in total. The highest BCUT2D eigenvalue weighted by molar-refractivity contribution is 7.89. The number of likely N-dealkylation sites (tertiary alicyclic amines) is 1. The first-order chi connectivity index (χ1) is 13.5. The Morgan fingerprint density at radius 2 is 1.61 bits per heavy atom. The number of benzene rings is 1. The first kappa shape index (κ1) is 20.2. The van der Waals surface area contributed by atoms with E-state index in [9.17, 15) is 13.2 Å². The third kappa shape index (κ3) is 3.96. The molecule has 154 valence electrons. The number of fused-ring (bicyclic) bond motifs is 1. The lowest BCUT2D eigenvalue weighted by Gasteiger charge is -2.46. The number of piperidine rings is 2. The lowest BCUT2D eigenvalue weighted by molar-refractivity contribution is -0.143. The number of carbonyl (C=O) groups excluding carboxylic acids is 1. The lowest BCUT2D eigenvalue weighted by Crippen LogP contribution is -2.54. The highest BCUT2D eigenvalue weighted by atomic mass is 35.5. The third-order valence-corrected chi connectivity index (χ3v) is 8.84. The molecule has 0 aromatic heterocycles. The predicted molar refractivity (Wildman–Crippen MR) is 110 cm³/mol. The fourth-order valence-corrected chi connectivity index (χ4v) is 6.90. The summed E-state index contributed by atoms with van der Waals surface area (Å²) < 4.78 is 27.5. The monoisotopic (exact) mass is 424 g/mol. The molecule has 0 unspecified atom stereocenters. The van der Waals surface area contributed by atoms with Crippen molar-refractivity contribution in [2.75, 3.05) is 19.6 Å². The van der Waals surface area contributed by atoms with Crippen molar-refractivity contribution in [2.45, 2.75) is 62.3 Å². The van der Waals surface area contributed by atoms with Crippen molar-refractivity contribution in [3.05, 3.63) is 29.3 Å². The van der Waals surface area contributed by atoms with Crippen molar-refractivity contribution < 1.29 is 13.2 Å². The minimum absolute atomic E-state index is 0.174. The smallest absolute Gasteiger partial charge is 0.243 e. The van der Waals surface area contributed by atoms with E-state index in [4.69, 9.17) is 11.6 Å². The molecule has 1 saturated carbocycles. The summed E-state index contributed by atoms with van der Waals surface area (Å²) in [5.41, 5.74) is 0. The van der Waals surface area contributed by atoms with Crippen molar-refractivity contribution in [3.63, 3.8) is 0 Å². The molecule has 3 aliphatic rings. The standard InChI is InChI=1S/C21H29ClN2O3S/c22-18-9-11-19(12-10-18)28(26,27)23-13-3-7-17(15-23)21(25)24-14-4-6-16-5-1-2-8-20(16)24/h9-12,16-17,20H,1-8,13-15H2/t16-,17-,20-/m0/s1. The van der Waals surface area contributed by atoms with Crippen LogP contribution in [0.3, 0.4) is 0 Å². The van der Waals surface area contributed by atoms with E-state index in [0.29, 0.717) is 23.5 Å². The largest absolute Gasteiger partial charge is 0.339 e. The Bertz CT molecular complexity index is 809. The fourth-order valence-electron chi connectivity index (χ4n) is 5.25. The van der Waals surface area contributed by atoms with Crippen molar-refractivity contribution in [1.82, 2.24) is 9.21 Å². The topological polar surface area (TPSA) is 57.7 Å². The number of rotatable bonds is 3. The van der Waals surface area contributed by atoms with Crippen molar-refractivity contribution in [2.24, 2.45) is 11.8 Å². The van der Waals surface area contributed by atoms with Gasteiger partial charge in [-0.05, 0) is 68.7 Å². The summed E-state index contributed by atoms with van der Waals surface area (Å²) in [4.78, 5) is 15.7. The minimum Gasteiger partial charge on any atom is -0.339 e. The van der Waals surface area contributed by atoms with Crippen molar-refractivity contribution in [1.29, 1.82) is 0 Å². The van der Waals surface area contributed by atoms with Gasteiger partial charge < -0.3 is 4.90 Å². The number of nitrogens with zero attached hydrogens (tertiary/aromatic N) is 2. The predicted octanol–water partition coefficient (Wildman–Crippen LogP) is 3.92. The Labute approximate surface area is 173 Å². The maximum Gasteiger partial charge on any atom is 0.243 e. The maximum atomic E-state index is 13.3. The zero-order valence-electron chi connectivity index (χ0n) is 16.2. The average molecular weight is 425 g/mol. The van der Waals surface area contributed by atoms with Gasteiger partial charge in [0.05, 0.1) is 10.8 Å². The number of sulfonamides is 1. The normalized spacial score (nSPS) is 29.3. The molecule has 1 aromatic carbocycles. The van der Waals surface area contributed by atoms with Crippen molar-refractivity contribution >= 4 is 27.5 Å². The lowest BCUT2D eigenvalue weighted by atomic mass is 9.77. The molecule has 2 heterocycles. The highest BCUT2D eigenvalue weighted by Gasteiger charge is 2.40. The summed E-state index contributed by atoms with van der Waals surface area (Å²) in [5.74, 6) is 0.591. The van der Waals surface area contributed by atoms with E-state index < -0.39 is 10.0 Å². The molecule has 4 rings (SSSR count). The number of hydrogen-bond donors (Lipinski definition) is 0. The van der Waals surface area contributed by atoms with Crippen LogP contribution in [0.15, 0.2) is 29.2 Å². The summed E-state index contributed by atoms with van der Waals surface area (Å²) >= 11 is 5.90. The van der Waals surface area contributed by atoms with Crippen LogP contribution in [0.1, 0.15) is 51.4 Å². The van der Waals surface area contributed by atoms with Gasteiger partial charge in [-0.15, -0.1) is 0 Å². The van der Waals surface area contributed by atoms with Crippen LogP contribution in [0.5, 0.6) is 0 Å². The van der Waals surface area contributed by atoms with E-state index >= 15 is 0 Å². The second kappa shape index (κ2) is 8.33. The van der Waals surface area contributed by atoms with Gasteiger partial charge in [0, 0.05) is 30.7 Å². The van der Waals surface area contributed by atoms with E-state index in [0.717, 1.165) is 32.2 Å². The summed E-state index contributed by atoms with van der Waals surface area (Å²) in [6, 6.07) is 6.65. The number of carbonyl (C=O) groups is 1. The molecule has 2 saturated heterocycles. The van der Waals surface area contributed by atoms with Crippen LogP contribution in [0.25, 0.3) is 0 Å². The summed E-state index contributed by atoms with van der Waals surface area (Å²) in [6.07, 6.45) is 8.63. The Kier molecular flexibility index (Phi) is 6.00. The SMILES string of the molecule is O=C([C@H]1CCCN(S(=O)(=O)c2ccc(Cl)cc2)C1)N1CCC[C@@H]2CCCC[C@@H]21. The van der Waals surface area contributed by atoms with Crippen LogP contribution in [0, 0.1) is 11.8 Å². The minimum atomic E-state index is -3.60.